The van der Waals surface area contributed by atoms with Crippen LogP contribution in [0.4, 0.5) is 5.69 Å². The van der Waals surface area contributed by atoms with Gasteiger partial charge in [0, 0.05) is 33.2 Å². The summed E-state index contributed by atoms with van der Waals surface area (Å²) >= 11 is 5.33. The molecule has 0 saturated heterocycles. The van der Waals surface area contributed by atoms with Crippen LogP contribution in [-0.4, -0.2) is 14.8 Å². The van der Waals surface area contributed by atoms with Crippen molar-refractivity contribution < 1.29 is 0 Å². The van der Waals surface area contributed by atoms with E-state index < -0.39 is 0 Å². The molecule has 3 aromatic rings. The van der Waals surface area contributed by atoms with E-state index in [0.29, 0.717) is 0 Å². The second-order valence-electron chi connectivity index (χ2n) is 4.33. The summed E-state index contributed by atoms with van der Waals surface area (Å²) in [7, 11) is 0. The van der Waals surface area contributed by atoms with Gasteiger partial charge in [0.1, 0.15) is 0 Å². The number of nitrogens with zero attached hydrogens (tertiary/aromatic N) is 3. The summed E-state index contributed by atoms with van der Waals surface area (Å²) in [6.07, 6.45) is 5.44. The first kappa shape index (κ1) is 13.3. The van der Waals surface area contributed by atoms with Gasteiger partial charge in [0.15, 0.2) is 5.82 Å². The van der Waals surface area contributed by atoms with E-state index in [1.54, 1.807) is 22.2 Å². The third-order valence-corrected chi connectivity index (χ3v) is 5.00. The molecule has 0 atom stereocenters. The first-order valence-electron chi connectivity index (χ1n) is 6.17. The normalized spacial score (nSPS) is 10.7. The number of halogens is 1. The molecule has 6 heteroatoms. The summed E-state index contributed by atoms with van der Waals surface area (Å²) < 4.78 is 2.91. The molecule has 1 N–H and O–H groups in total. The Labute approximate surface area is 129 Å². The minimum atomic E-state index is 0.805. The molecular weight excluding hydrogens is 336 g/mol. The van der Waals surface area contributed by atoms with E-state index in [-0.39, 0.29) is 0 Å². The highest BCUT2D eigenvalue weighted by Gasteiger charge is 2.03. The lowest BCUT2D eigenvalue weighted by molar-refractivity contribution is 0.847. The second-order valence-corrected chi connectivity index (χ2v) is 6.52. The zero-order chi connectivity index (χ0) is 13.9. The van der Waals surface area contributed by atoms with E-state index in [9.17, 15) is 0 Å². The van der Waals surface area contributed by atoms with Crippen molar-refractivity contribution in [2.24, 2.45) is 0 Å². The summed E-state index contributed by atoms with van der Waals surface area (Å²) in [5.41, 5.74) is 1.00. The summed E-state index contributed by atoms with van der Waals surface area (Å²) in [6, 6.07) is 7.99. The number of pyridine rings is 1. The van der Waals surface area contributed by atoms with Gasteiger partial charge in [0.2, 0.25) is 0 Å². The molecule has 3 aromatic heterocycles. The lowest BCUT2D eigenvalue weighted by Crippen LogP contribution is -2.01. The topological polar surface area (TPSA) is 42.7 Å². The van der Waals surface area contributed by atoms with Gasteiger partial charge in [-0.2, -0.15) is 5.10 Å². The zero-order valence-corrected chi connectivity index (χ0v) is 13.3. The lowest BCUT2D eigenvalue weighted by atomic mass is 10.3. The Morgan fingerprint density at radius 3 is 2.90 bits per heavy atom. The van der Waals surface area contributed by atoms with Gasteiger partial charge in [-0.05, 0) is 47.1 Å². The number of anilines is 1. The van der Waals surface area contributed by atoms with Gasteiger partial charge < -0.3 is 5.32 Å². The quantitative estimate of drug-likeness (QED) is 0.774. The number of nitrogens with one attached hydrogen (secondary N) is 1. The van der Waals surface area contributed by atoms with Gasteiger partial charge in [-0.15, -0.1) is 11.3 Å². The molecule has 0 aliphatic heterocycles. The molecule has 0 saturated carbocycles. The third kappa shape index (κ3) is 2.91. The summed E-state index contributed by atoms with van der Waals surface area (Å²) in [6.45, 7) is 2.92. The fraction of sp³-hybridized carbons (Fsp3) is 0.143. The van der Waals surface area contributed by atoms with Gasteiger partial charge in [0.05, 0.1) is 11.9 Å². The van der Waals surface area contributed by atoms with Crippen molar-refractivity contribution >= 4 is 33.0 Å². The minimum absolute atomic E-state index is 0.805. The van der Waals surface area contributed by atoms with Crippen LogP contribution in [0, 0.1) is 6.92 Å². The van der Waals surface area contributed by atoms with E-state index in [1.807, 2.05) is 30.6 Å². The molecule has 0 amide bonds. The molecule has 3 heterocycles. The maximum absolute atomic E-state index is 4.39. The van der Waals surface area contributed by atoms with Crippen LogP contribution in [0.5, 0.6) is 0 Å². The molecule has 0 aliphatic rings. The van der Waals surface area contributed by atoms with Gasteiger partial charge in [-0.25, -0.2) is 9.67 Å². The predicted octanol–water partition coefficient (Wildman–Crippen LogP) is 4.01. The molecule has 0 radical (unpaired) electrons. The number of rotatable bonds is 4. The fourth-order valence-electron chi connectivity index (χ4n) is 1.82. The average molecular weight is 349 g/mol. The van der Waals surface area contributed by atoms with Gasteiger partial charge in [-0.3, -0.25) is 0 Å². The van der Waals surface area contributed by atoms with Crippen LogP contribution in [0.3, 0.4) is 0 Å². The number of hydrogen-bond acceptors (Lipinski definition) is 4. The van der Waals surface area contributed by atoms with E-state index in [1.165, 1.54) is 14.2 Å². The van der Waals surface area contributed by atoms with Crippen LogP contribution in [0.1, 0.15) is 9.75 Å². The van der Waals surface area contributed by atoms with Crippen molar-refractivity contribution in [2.45, 2.75) is 13.5 Å². The number of thiophene rings is 1. The Bertz CT molecular complexity index is 669. The Kier molecular flexibility index (Phi) is 3.84. The standard InChI is InChI=1S/C14H13BrN4S/c1-10-13(15)7-12(20-10)9-16-11-3-4-14(17-8-11)19-6-2-5-18-19/h2-8,16H,9H2,1H3. The maximum atomic E-state index is 4.39. The minimum Gasteiger partial charge on any atom is -0.379 e. The van der Waals surface area contributed by atoms with Crippen LogP contribution >= 0.6 is 27.3 Å². The molecule has 0 fully saturated rings. The van der Waals surface area contributed by atoms with Gasteiger partial charge in [0.25, 0.3) is 0 Å². The van der Waals surface area contributed by atoms with E-state index in [0.717, 1.165) is 18.1 Å². The van der Waals surface area contributed by atoms with Crippen molar-refractivity contribution in [3.8, 4) is 5.82 Å². The number of aryl methyl sites for hydroxylation is 1. The highest BCUT2D eigenvalue weighted by molar-refractivity contribution is 9.10. The van der Waals surface area contributed by atoms with Crippen molar-refractivity contribution in [2.75, 3.05) is 5.32 Å². The fourth-order valence-corrected chi connectivity index (χ4v) is 3.37. The Balaban J connectivity index is 1.66. The van der Waals surface area contributed by atoms with E-state index >= 15 is 0 Å². The molecule has 4 nitrogen and oxygen atoms in total. The molecule has 102 valence electrons. The third-order valence-electron chi connectivity index (χ3n) is 2.86. The van der Waals surface area contributed by atoms with Crippen LogP contribution in [-0.2, 0) is 6.54 Å². The monoisotopic (exact) mass is 348 g/mol. The number of aromatic nitrogens is 3. The van der Waals surface area contributed by atoms with Crippen LogP contribution in [0.15, 0.2) is 47.3 Å². The van der Waals surface area contributed by atoms with Crippen molar-refractivity contribution in [3.63, 3.8) is 0 Å². The first-order valence-corrected chi connectivity index (χ1v) is 7.78. The highest BCUT2D eigenvalue weighted by Crippen LogP contribution is 2.26. The van der Waals surface area contributed by atoms with Gasteiger partial charge >= 0.3 is 0 Å². The number of hydrogen-bond donors (Lipinski definition) is 1. The molecule has 0 bridgehead atoms. The second kappa shape index (κ2) is 5.76. The van der Waals surface area contributed by atoms with E-state index in [4.69, 9.17) is 0 Å². The smallest absolute Gasteiger partial charge is 0.153 e. The van der Waals surface area contributed by atoms with Crippen LogP contribution < -0.4 is 5.32 Å². The Morgan fingerprint density at radius 2 is 2.30 bits per heavy atom. The zero-order valence-electron chi connectivity index (χ0n) is 10.9. The van der Waals surface area contributed by atoms with Crippen LogP contribution in [0.2, 0.25) is 0 Å². The predicted molar refractivity (Wildman–Crippen MR) is 85.4 cm³/mol. The summed E-state index contributed by atoms with van der Waals surface area (Å²) in [5, 5.41) is 7.52. The van der Waals surface area contributed by atoms with Gasteiger partial charge in [-0.1, -0.05) is 0 Å². The summed E-state index contributed by atoms with van der Waals surface area (Å²) in [5.74, 6) is 0.815. The maximum Gasteiger partial charge on any atom is 0.153 e. The Morgan fingerprint density at radius 1 is 1.40 bits per heavy atom. The van der Waals surface area contributed by atoms with E-state index in [2.05, 4.69) is 44.3 Å². The molecule has 0 aromatic carbocycles. The average Bonchev–Trinajstić information content (AvgIpc) is 3.08. The molecular formula is C14H13BrN4S. The van der Waals surface area contributed by atoms with Crippen LogP contribution in [0.25, 0.3) is 5.82 Å². The Hall–Kier alpha value is -1.66. The molecule has 0 spiro atoms. The molecule has 20 heavy (non-hydrogen) atoms. The SMILES string of the molecule is Cc1sc(CNc2ccc(-n3cccn3)nc2)cc1Br. The lowest BCUT2D eigenvalue weighted by Gasteiger charge is -2.05. The molecule has 3 rings (SSSR count). The molecule has 0 aliphatic carbocycles. The largest absolute Gasteiger partial charge is 0.379 e. The summed E-state index contributed by atoms with van der Waals surface area (Å²) in [4.78, 5) is 6.99. The van der Waals surface area contributed by atoms with Crippen molar-refractivity contribution in [1.82, 2.24) is 14.8 Å². The van der Waals surface area contributed by atoms with Crippen molar-refractivity contribution in [1.29, 1.82) is 0 Å². The molecule has 0 unspecified atom stereocenters. The highest BCUT2D eigenvalue weighted by atomic mass is 79.9. The first-order chi connectivity index (χ1) is 9.72. The van der Waals surface area contributed by atoms with Crippen molar-refractivity contribution in [3.05, 3.63) is 57.1 Å².